The SMILES string of the molecule is Cc1cnnn1-c1ccc(C2=CC(Br)=CC(C)(S(=O)(=O)n3ccc4cccnc43)C2)cc1. The van der Waals surface area contributed by atoms with Gasteiger partial charge in [-0.15, -0.1) is 5.10 Å². The number of hydrogen-bond acceptors (Lipinski definition) is 5. The topological polar surface area (TPSA) is 82.7 Å². The van der Waals surface area contributed by atoms with Crippen LogP contribution in [-0.4, -0.2) is 37.1 Å². The number of benzene rings is 1. The quantitative estimate of drug-likeness (QED) is 0.400. The van der Waals surface area contributed by atoms with Gasteiger partial charge in [-0.1, -0.05) is 33.3 Å². The van der Waals surface area contributed by atoms with Crippen LogP contribution in [0.15, 0.2) is 77.7 Å². The Bertz CT molecular complexity index is 1500. The molecule has 162 valence electrons. The van der Waals surface area contributed by atoms with E-state index in [1.807, 2.05) is 43.3 Å². The lowest BCUT2D eigenvalue weighted by Crippen LogP contribution is -2.39. The zero-order chi connectivity index (χ0) is 22.5. The van der Waals surface area contributed by atoms with Gasteiger partial charge in [0.1, 0.15) is 4.75 Å². The average Bonchev–Trinajstić information content (AvgIpc) is 3.39. The maximum absolute atomic E-state index is 13.8. The van der Waals surface area contributed by atoms with Gasteiger partial charge in [-0.25, -0.2) is 22.1 Å². The van der Waals surface area contributed by atoms with Crippen molar-refractivity contribution in [3.8, 4) is 5.69 Å². The monoisotopic (exact) mass is 509 g/mol. The van der Waals surface area contributed by atoms with E-state index in [2.05, 4.69) is 31.2 Å². The first-order chi connectivity index (χ1) is 15.3. The Balaban J connectivity index is 1.52. The average molecular weight is 510 g/mol. The van der Waals surface area contributed by atoms with Crippen molar-refractivity contribution in [3.63, 3.8) is 0 Å². The standard InChI is InChI=1S/C23H20BrN5O2S/c1-16-15-26-27-29(16)21-7-5-17(6-8-21)19-12-20(24)14-23(2,13-19)32(30,31)28-11-9-18-4-3-10-25-22(18)28/h3-12,14-15H,13H2,1-2H3. The smallest absolute Gasteiger partial charge is 0.237 e. The summed E-state index contributed by atoms with van der Waals surface area (Å²) in [5.74, 6) is 0. The van der Waals surface area contributed by atoms with Crippen LogP contribution in [0.3, 0.4) is 0 Å². The maximum Gasteiger partial charge on any atom is 0.249 e. The Labute approximate surface area is 194 Å². The number of allylic oxidation sites excluding steroid dienone is 3. The summed E-state index contributed by atoms with van der Waals surface area (Å²) in [4.78, 5) is 4.29. The highest BCUT2D eigenvalue weighted by atomic mass is 79.9. The molecule has 0 fully saturated rings. The van der Waals surface area contributed by atoms with Crippen molar-refractivity contribution in [3.05, 3.63) is 88.9 Å². The van der Waals surface area contributed by atoms with Crippen LogP contribution in [0.5, 0.6) is 0 Å². The largest absolute Gasteiger partial charge is 0.249 e. The third kappa shape index (κ3) is 3.32. The Morgan fingerprint density at radius 3 is 2.62 bits per heavy atom. The number of fused-ring (bicyclic) bond motifs is 1. The van der Waals surface area contributed by atoms with Gasteiger partial charge in [0, 0.05) is 22.3 Å². The molecule has 1 aromatic carbocycles. The molecule has 0 saturated heterocycles. The van der Waals surface area contributed by atoms with Crippen molar-refractivity contribution in [2.24, 2.45) is 0 Å². The van der Waals surface area contributed by atoms with Crippen LogP contribution >= 0.6 is 15.9 Å². The molecule has 5 rings (SSSR count). The lowest BCUT2D eigenvalue weighted by Gasteiger charge is -2.31. The minimum absolute atomic E-state index is 0.332. The number of pyridine rings is 1. The first-order valence-corrected chi connectivity index (χ1v) is 12.3. The molecule has 1 atom stereocenters. The van der Waals surface area contributed by atoms with E-state index in [0.717, 1.165) is 32.4 Å². The van der Waals surface area contributed by atoms with Crippen molar-refractivity contribution in [1.29, 1.82) is 0 Å². The number of halogens is 1. The lowest BCUT2D eigenvalue weighted by atomic mass is 9.90. The minimum Gasteiger partial charge on any atom is -0.237 e. The fourth-order valence-electron chi connectivity index (χ4n) is 4.05. The zero-order valence-corrected chi connectivity index (χ0v) is 19.9. The van der Waals surface area contributed by atoms with Crippen molar-refractivity contribution in [2.45, 2.75) is 25.0 Å². The Morgan fingerprint density at radius 2 is 1.91 bits per heavy atom. The van der Waals surface area contributed by atoms with E-state index >= 15 is 0 Å². The number of rotatable bonds is 4. The van der Waals surface area contributed by atoms with Gasteiger partial charge in [0.05, 0.1) is 17.6 Å². The van der Waals surface area contributed by atoms with E-state index in [9.17, 15) is 8.42 Å². The van der Waals surface area contributed by atoms with Crippen LogP contribution in [0.1, 0.15) is 24.6 Å². The van der Waals surface area contributed by atoms with Crippen LogP contribution < -0.4 is 0 Å². The molecule has 4 aromatic rings. The predicted octanol–water partition coefficient (Wildman–Crippen LogP) is 4.63. The van der Waals surface area contributed by atoms with E-state index in [0.29, 0.717) is 12.1 Å². The Kier molecular flexibility index (Phi) is 4.90. The van der Waals surface area contributed by atoms with Gasteiger partial charge in [0.15, 0.2) is 5.65 Å². The van der Waals surface area contributed by atoms with Crippen molar-refractivity contribution >= 4 is 42.6 Å². The highest BCUT2D eigenvalue weighted by Gasteiger charge is 2.42. The number of aromatic nitrogens is 5. The molecular weight excluding hydrogens is 490 g/mol. The number of nitrogens with zero attached hydrogens (tertiary/aromatic N) is 5. The van der Waals surface area contributed by atoms with Gasteiger partial charge in [-0.3, -0.25) is 0 Å². The number of hydrogen-bond donors (Lipinski definition) is 0. The molecule has 3 heterocycles. The summed E-state index contributed by atoms with van der Waals surface area (Å²) >= 11 is 3.54. The molecule has 1 aliphatic rings. The summed E-state index contributed by atoms with van der Waals surface area (Å²) in [6.45, 7) is 3.69. The van der Waals surface area contributed by atoms with E-state index in [-0.39, 0.29) is 0 Å². The normalized spacial score (nSPS) is 19.1. The van der Waals surface area contributed by atoms with Gasteiger partial charge < -0.3 is 0 Å². The Morgan fingerprint density at radius 1 is 1.12 bits per heavy atom. The van der Waals surface area contributed by atoms with Crippen LogP contribution in [0.4, 0.5) is 0 Å². The van der Waals surface area contributed by atoms with Crippen molar-refractivity contribution < 1.29 is 8.42 Å². The summed E-state index contributed by atoms with van der Waals surface area (Å²) in [7, 11) is -3.78. The first-order valence-electron chi connectivity index (χ1n) is 10.0. The van der Waals surface area contributed by atoms with Gasteiger partial charge in [-0.2, -0.15) is 0 Å². The summed E-state index contributed by atoms with van der Waals surface area (Å²) < 4.78 is 30.2. The van der Waals surface area contributed by atoms with E-state index in [1.165, 1.54) is 3.97 Å². The molecular formula is C23H20BrN5O2S. The third-order valence-corrected chi connectivity index (χ3v) is 8.47. The second kappa shape index (κ2) is 7.53. The van der Waals surface area contributed by atoms with Gasteiger partial charge in [0.2, 0.25) is 10.0 Å². The van der Waals surface area contributed by atoms with Gasteiger partial charge in [0.25, 0.3) is 0 Å². The summed E-state index contributed by atoms with van der Waals surface area (Å²) in [5.41, 5.74) is 4.15. The molecule has 0 radical (unpaired) electrons. The molecule has 0 saturated carbocycles. The maximum atomic E-state index is 13.8. The molecule has 7 nitrogen and oxygen atoms in total. The molecule has 9 heteroatoms. The summed E-state index contributed by atoms with van der Waals surface area (Å²) in [6, 6.07) is 13.3. The number of aryl methyl sites for hydroxylation is 1. The summed E-state index contributed by atoms with van der Waals surface area (Å²) in [6.07, 6.45) is 8.95. The second-order valence-corrected chi connectivity index (χ2v) is 11.2. The van der Waals surface area contributed by atoms with E-state index < -0.39 is 14.8 Å². The zero-order valence-electron chi connectivity index (χ0n) is 17.5. The molecule has 1 unspecified atom stereocenters. The molecule has 3 aromatic heterocycles. The van der Waals surface area contributed by atoms with Gasteiger partial charge in [-0.05, 0) is 73.9 Å². The highest BCUT2D eigenvalue weighted by molar-refractivity contribution is 9.11. The molecule has 0 bridgehead atoms. The molecule has 0 spiro atoms. The fraction of sp³-hybridized carbons (Fsp3) is 0.174. The van der Waals surface area contributed by atoms with Crippen molar-refractivity contribution in [1.82, 2.24) is 24.0 Å². The fourth-order valence-corrected chi connectivity index (χ4v) is 6.65. The van der Waals surface area contributed by atoms with Crippen LogP contribution in [0, 0.1) is 6.92 Å². The van der Waals surface area contributed by atoms with Gasteiger partial charge >= 0.3 is 0 Å². The molecule has 0 N–H and O–H groups in total. The second-order valence-electron chi connectivity index (χ2n) is 8.06. The van der Waals surface area contributed by atoms with E-state index in [4.69, 9.17) is 0 Å². The van der Waals surface area contributed by atoms with Crippen molar-refractivity contribution in [2.75, 3.05) is 0 Å². The summed E-state index contributed by atoms with van der Waals surface area (Å²) in [5, 5.41) is 8.81. The molecule has 0 amide bonds. The van der Waals surface area contributed by atoms with E-state index in [1.54, 1.807) is 48.4 Å². The molecule has 1 aliphatic carbocycles. The van der Waals surface area contributed by atoms with Crippen LogP contribution in [0.25, 0.3) is 22.3 Å². The lowest BCUT2D eigenvalue weighted by molar-refractivity contribution is 0.556. The predicted molar refractivity (Wildman–Crippen MR) is 128 cm³/mol. The molecule has 32 heavy (non-hydrogen) atoms. The van der Waals surface area contributed by atoms with Crippen LogP contribution in [-0.2, 0) is 10.0 Å². The van der Waals surface area contributed by atoms with Crippen LogP contribution in [0.2, 0.25) is 0 Å². The Hall–Kier alpha value is -3.04. The first kappa shape index (κ1) is 20.8. The minimum atomic E-state index is -3.78. The molecule has 0 aliphatic heterocycles. The third-order valence-electron chi connectivity index (χ3n) is 5.76. The highest BCUT2D eigenvalue weighted by Crippen LogP contribution is 2.40.